The summed E-state index contributed by atoms with van der Waals surface area (Å²) in [5.41, 5.74) is -0.0283. The molecule has 0 radical (unpaired) electrons. The summed E-state index contributed by atoms with van der Waals surface area (Å²) in [5.74, 6) is -1.12. The van der Waals surface area contributed by atoms with E-state index >= 15 is 0 Å². The number of benzene rings is 1. The number of rotatable bonds is 5. The van der Waals surface area contributed by atoms with Crippen LogP contribution in [0.5, 0.6) is 0 Å². The second kappa shape index (κ2) is 5.10. The van der Waals surface area contributed by atoms with E-state index in [1.165, 1.54) is 12.1 Å². The van der Waals surface area contributed by atoms with E-state index in [-0.39, 0.29) is 5.82 Å². The highest BCUT2D eigenvalue weighted by molar-refractivity contribution is 5.75. The Balaban J connectivity index is 2.96. The predicted octanol–water partition coefficient (Wildman–Crippen LogP) is 3.26. The summed E-state index contributed by atoms with van der Waals surface area (Å²) in [6, 6.07) is 6.15. The molecule has 2 nitrogen and oxygen atoms in total. The van der Waals surface area contributed by atoms with Crippen molar-refractivity contribution in [3.63, 3.8) is 0 Å². The molecule has 0 amide bonds. The van der Waals surface area contributed by atoms with Gasteiger partial charge in [0.1, 0.15) is 5.82 Å². The number of carboxylic acids is 1. The van der Waals surface area contributed by atoms with Crippen molar-refractivity contribution in [1.29, 1.82) is 0 Å². The average molecular weight is 224 g/mol. The van der Waals surface area contributed by atoms with Gasteiger partial charge < -0.3 is 5.11 Å². The second-order valence-electron chi connectivity index (χ2n) is 4.10. The maximum absolute atomic E-state index is 13.0. The predicted molar refractivity (Wildman–Crippen MR) is 60.8 cm³/mol. The zero-order valence-corrected chi connectivity index (χ0v) is 9.66. The lowest BCUT2D eigenvalue weighted by molar-refractivity contribution is -0.149. The monoisotopic (exact) mass is 224 g/mol. The van der Waals surface area contributed by atoms with Crippen molar-refractivity contribution in [2.45, 2.75) is 33.1 Å². The summed E-state index contributed by atoms with van der Waals surface area (Å²) < 4.78 is 13.0. The normalized spacial score (nSPS) is 11.4. The summed E-state index contributed by atoms with van der Waals surface area (Å²) in [7, 11) is 0. The van der Waals surface area contributed by atoms with E-state index in [0.717, 1.165) is 5.56 Å². The first kappa shape index (κ1) is 12.7. The Bertz CT molecular complexity index is 370. The molecule has 88 valence electrons. The van der Waals surface area contributed by atoms with Crippen molar-refractivity contribution in [3.05, 3.63) is 35.6 Å². The van der Waals surface area contributed by atoms with Gasteiger partial charge in [0.05, 0.1) is 5.41 Å². The van der Waals surface area contributed by atoms with Gasteiger partial charge in [-0.3, -0.25) is 4.79 Å². The van der Waals surface area contributed by atoms with Gasteiger partial charge in [-0.25, -0.2) is 4.39 Å². The Kier molecular flexibility index (Phi) is 4.05. The summed E-state index contributed by atoms with van der Waals surface area (Å²) in [4.78, 5) is 11.3. The minimum Gasteiger partial charge on any atom is -0.481 e. The molecular weight excluding hydrogens is 207 g/mol. The lowest BCUT2D eigenvalue weighted by Crippen LogP contribution is -2.32. The standard InChI is InChI=1S/C13H17FO2/c1-3-13(4-2,12(15)16)9-10-6-5-7-11(14)8-10/h5-8H,3-4,9H2,1-2H3,(H,15,16). The van der Waals surface area contributed by atoms with E-state index in [2.05, 4.69) is 0 Å². The fourth-order valence-electron chi connectivity index (χ4n) is 1.92. The van der Waals surface area contributed by atoms with Crippen LogP contribution in [0.15, 0.2) is 24.3 Å². The van der Waals surface area contributed by atoms with Crippen molar-refractivity contribution in [3.8, 4) is 0 Å². The van der Waals surface area contributed by atoms with Crippen LogP contribution in [0.25, 0.3) is 0 Å². The molecule has 16 heavy (non-hydrogen) atoms. The zero-order valence-electron chi connectivity index (χ0n) is 9.66. The summed E-state index contributed by atoms with van der Waals surface area (Å²) in [6.07, 6.45) is 1.48. The number of hydrogen-bond donors (Lipinski definition) is 1. The van der Waals surface area contributed by atoms with E-state index in [4.69, 9.17) is 0 Å². The Morgan fingerprint density at radius 1 is 1.38 bits per heavy atom. The van der Waals surface area contributed by atoms with E-state index in [9.17, 15) is 14.3 Å². The number of carbonyl (C=O) groups is 1. The van der Waals surface area contributed by atoms with Crippen molar-refractivity contribution in [2.24, 2.45) is 5.41 Å². The minimum atomic E-state index is -0.804. The van der Waals surface area contributed by atoms with E-state index < -0.39 is 11.4 Å². The van der Waals surface area contributed by atoms with Crippen LogP contribution in [-0.4, -0.2) is 11.1 Å². The van der Waals surface area contributed by atoms with Gasteiger partial charge in [-0.1, -0.05) is 26.0 Å². The summed E-state index contributed by atoms with van der Waals surface area (Å²) in [5, 5.41) is 9.26. The lowest BCUT2D eigenvalue weighted by atomic mass is 9.77. The molecule has 0 saturated heterocycles. The number of halogens is 1. The molecule has 1 aromatic rings. The van der Waals surface area contributed by atoms with Gasteiger partial charge in [0.2, 0.25) is 0 Å². The third kappa shape index (κ3) is 2.60. The van der Waals surface area contributed by atoms with E-state index in [1.54, 1.807) is 12.1 Å². The Labute approximate surface area is 95.1 Å². The van der Waals surface area contributed by atoms with Crippen molar-refractivity contribution >= 4 is 5.97 Å². The molecule has 1 aromatic carbocycles. The third-order valence-corrected chi connectivity index (χ3v) is 3.24. The molecule has 0 saturated carbocycles. The van der Waals surface area contributed by atoms with Gasteiger partial charge in [-0.15, -0.1) is 0 Å². The maximum atomic E-state index is 13.0. The van der Waals surface area contributed by atoms with Gasteiger partial charge in [0, 0.05) is 0 Å². The van der Waals surface area contributed by atoms with Crippen LogP contribution in [0.3, 0.4) is 0 Å². The van der Waals surface area contributed by atoms with Crippen molar-refractivity contribution in [1.82, 2.24) is 0 Å². The number of hydrogen-bond acceptors (Lipinski definition) is 1. The second-order valence-corrected chi connectivity index (χ2v) is 4.10. The van der Waals surface area contributed by atoms with Gasteiger partial charge >= 0.3 is 5.97 Å². The van der Waals surface area contributed by atoms with Crippen LogP contribution in [-0.2, 0) is 11.2 Å². The van der Waals surface area contributed by atoms with Gasteiger partial charge in [0.15, 0.2) is 0 Å². The van der Waals surface area contributed by atoms with Crippen LogP contribution in [0, 0.1) is 11.2 Å². The lowest BCUT2D eigenvalue weighted by Gasteiger charge is -2.26. The Hall–Kier alpha value is -1.38. The van der Waals surface area contributed by atoms with Gasteiger partial charge in [0.25, 0.3) is 0 Å². The zero-order chi connectivity index (χ0) is 12.2. The summed E-state index contributed by atoms with van der Waals surface area (Å²) >= 11 is 0. The topological polar surface area (TPSA) is 37.3 Å². The van der Waals surface area contributed by atoms with Crippen LogP contribution >= 0.6 is 0 Å². The number of aliphatic carboxylic acids is 1. The highest BCUT2D eigenvalue weighted by atomic mass is 19.1. The molecule has 0 unspecified atom stereocenters. The molecule has 0 aliphatic heterocycles. The van der Waals surface area contributed by atoms with Crippen LogP contribution in [0.2, 0.25) is 0 Å². The maximum Gasteiger partial charge on any atom is 0.309 e. The van der Waals surface area contributed by atoms with Crippen molar-refractivity contribution < 1.29 is 14.3 Å². The van der Waals surface area contributed by atoms with Gasteiger partial charge in [-0.2, -0.15) is 0 Å². The molecule has 0 aliphatic rings. The molecule has 0 aliphatic carbocycles. The average Bonchev–Trinajstić information content (AvgIpc) is 2.25. The molecule has 0 spiro atoms. The highest BCUT2D eigenvalue weighted by Crippen LogP contribution is 2.31. The fraction of sp³-hybridized carbons (Fsp3) is 0.462. The molecule has 0 aromatic heterocycles. The highest BCUT2D eigenvalue weighted by Gasteiger charge is 2.34. The fourth-order valence-corrected chi connectivity index (χ4v) is 1.92. The van der Waals surface area contributed by atoms with Crippen molar-refractivity contribution in [2.75, 3.05) is 0 Å². The third-order valence-electron chi connectivity index (χ3n) is 3.24. The first-order chi connectivity index (χ1) is 7.54. The van der Waals surface area contributed by atoms with Crippen LogP contribution in [0.4, 0.5) is 4.39 Å². The molecule has 1 N–H and O–H groups in total. The van der Waals surface area contributed by atoms with E-state index in [1.807, 2.05) is 13.8 Å². The Morgan fingerprint density at radius 3 is 2.44 bits per heavy atom. The SMILES string of the molecule is CCC(CC)(Cc1cccc(F)c1)C(=O)O. The molecule has 0 atom stereocenters. The van der Waals surface area contributed by atoms with Gasteiger partial charge in [-0.05, 0) is 37.0 Å². The molecule has 1 rings (SSSR count). The number of carboxylic acid groups (broad SMARTS) is 1. The summed E-state index contributed by atoms with van der Waals surface area (Å²) in [6.45, 7) is 3.72. The van der Waals surface area contributed by atoms with E-state index in [0.29, 0.717) is 19.3 Å². The first-order valence-electron chi connectivity index (χ1n) is 5.52. The Morgan fingerprint density at radius 2 is 2.00 bits per heavy atom. The molecule has 3 heteroatoms. The van der Waals surface area contributed by atoms with Crippen LogP contribution in [0.1, 0.15) is 32.3 Å². The molecular formula is C13H17FO2. The smallest absolute Gasteiger partial charge is 0.309 e. The largest absolute Gasteiger partial charge is 0.481 e. The minimum absolute atomic E-state index is 0.316. The molecule has 0 heterocycles. The quantitative estimate of drug-likeness (QED) is 0.833. The molecule has 0 bridgehead atoms. The van der Waals surface area contributed by atoms with Crippen LogP contribution < -0.4 is 0 Å². The molecule has 0 fully saturated rings. The first-order valence-corrected chi connectivity index (χ1v) is 5.52.